The second-order valence-electron chi connectivity index (χ2n) is 4.56. The van der Waals surface area contributed by atoms with Crippen LogP contribution in [0.5, 0.6) is 0 Å². The maximum atomic E-state index is 12.3. The van der Waals surface area contributed by atoms with Crippen molar-refractivity contribution in [2.75, 3.05) is 5.73 Å². The van der Waals surface area contributed by atoms with Gasteiger partial charge in [-0.3, -0.25) is 0 Å². The van der Waals surface area contributed by atoms with Gasteiger partial charge in [-0.25, -0.2) is 23.1 Å². The molecule has 0 fully saturated rings. The van der Waals surface area contributed by atoms with Gasteiger partial charge in [-0.05, 0) is 37.6 Å². The van der Waals surface area contributed by atoms with Gasteiger partial charge in [0.2, 0.25) is 10.0 Å². The molecule has 0 bridgehead atoms. The molecule has 0 aliphatic heterocycles. The van der Waals surface area contributed by atoms with E-state index in [-0.39, 0.29) is 17.1 Å². The summed E-state index contributed by atoms with van der Waals surface area (Å²) in [6, 6.07) is 4.46. The summed E-state index contributed by atoms with van der Waals surface area (Å²) in [6.07, 6.45) is 1.58. The van der Waals surface area contributed by atoms with Crippen molar-refractivity contribution in [3.05, 3.63) is 46.5 Å². The smallest absolute Gasteiger partial charge is 0.241 e. The number of hydrogen-bond acceptors (Lipinski definition) is 5. The van der Waals surface area contributed by atoms with Crippen LogP contribution in [0.4, 0.5) is 5.69 Å². The molecule has 2 rings (SSSR count). The Labute approximate surface area is 128 Å². The first kappa shape index (κ1) is 15.7. The van der Waals surface area contributed by atoms with Gasteiger partial charge >= 0.3 is 0 Å². The molecule has 21 heavy (non-hydrogen) atoms. The second kappa shape index (κ2) is 5.97. The standard InChI is InChI=1S/C13H15ClN4O2S/c1-8-5-11(6-12(15)13(8)14)21(19,20)17-7-10-3-4-16-9(2)18-10/h3-6,17H,7,15H2,1-2H3. The Kier molecular flexibility index (Phi) is 4.46. The van der Waals surface area contributed by atoms with E-state index in [1.54, 1.807) is 26.1 Å². The lowest BCUT2D eigenvalue weighted by atomic mass is 10.2. The average molecular weight is 327 g/mol. The van der Waals surface area contributed by atoms with Crippen LogP contribution in [-0.4, -0.2) is 18.4 Å². The summed E-state index contributed by atoms with van der Waals surface area (Å²) in [6.45, 7) is 3.51. The molecule has 0 saturated heterocycles. The van der Waals surface area contributed by atoms with E-state index in [2.05, 4.69) is 14.7 Å². The highest BCUT2D eigenvalue weighted by molar-refractivity contribution is 7.89. The van der Waals surface area contributed by atoms with Gasteiger partial charge in [0.1, 0.15) is 5.82 Å². The summed E-state index contributed by atoms with van der Waals surface area (Å²) < 4.78 is 27.0. The maximum absolute atomic E-state index is 12.3. The minimum absolute atomic E-state index is 0.0766. The Hall–Kier alpha value is -1.70. The predicted octanol–water partition coefficient (Wildman–Crippen LogP) is 1.81. The third-order valence-electron chi connectivity index (χ3n) is 2.84. The Morgan fingerprint density at radius 1 is 1.33 bits per heavy atom. The summed E-state index contributed by atoms with van der Waals surface area (Å²) in [5.41, 5.74) is 7.13. The fraction of sp³-hybridized carbons (Fsp3) is 0.231. The molecule has 1 aromatic carbocycles. The van der Waals surface area contributed by atoms with E-state index in [0.717, 1.165) is 0 Å². The van der Waals surface area contributed by atoms with E-state index in [1.165, 1.54) is 12.1 Å². The van der Waals surface area contributed by atoms with Crippen molar-refractivity contribution in [2.24, 2.45) is 0 Å². The normalized spacial score (nSPS) is 11.6. The quantitative estimate of drug-likeness (QED) is 0.835. The number of rotatable bonds is 4. The zero-order valence-electron chi connectivity index (χ0n) is 11.6. The molecule has 0 radical (unpaired) electrons. The van der Waals surface area contributed by atoms with Crippen molar-refractivity contribution in [3.8, 4) is 0 Å². The van der Waals surface area contributed by atoms with E-state index >= 15 is 0 Å². The molecule has 0 atom stereocenters. The molecule has 112 valence electrons. The number of hydrogen-bond donors (Lipinski definition) is 2. The first-order valence-corrected chi connectivity index (χ1v) is 7.99. The van der Waals surface area contributed by atoms with Gasteiger partial charge in [-0.2, -0.15) is 0 Å². The molecule has 0 saturated carbocycles. The summed E-state index contributed by atoms with van der Waals surface area (Å²) >= 11 is 5.93. The summed E-state index contributed by atoms with van der Waals surface area (Å²) in [5.74, 6) is 0.582. The topological polar surface area (TPSA) is 98.0 Å². The van der Waals surface area contributed by atoms with Crippen molar-refractivity contribution in [3.63, 3.8) is 0 Å². The van der Waals surface area contributed by atoms with E-state index in [0.29, 0.717) is 22.1 Å². The lowest BCUT2D eigenvalue weighted by Gasteiger charge is -2.10. The second-order valence-corrected chi connectivity index (χ2v) is 6.71. The van der Waals surface area contributed by atoms with Gasteiger partial charge in [0.15, 0.2) is 0 Å². The molecule has 0 aliphatic rings. The van der Waals surface area contributed by atoms with Crippen molar-refractivity contribution in [2.45, 2.75) is 25.3 Å². The molecule has 0 amide bonds. The van der Waals surface area contributed by atoms with Crippen LogP contribution in [0.1, 0.15) is 17.1 Å². The molecule has 3 N–H and O–H groups in total. The predicted molar refractivity (Wildman–Crippen MR) is 81.4 cm³/mol. The minimum Gasteiger partial charge on any atom is -0.397 e. The number of nitrogens with one attached hydrogen (secondary N) is 1. The zero-order chi connectivity index (χ0) is 15.6. The highest BCUT2D eigenvalue weighted by Crippen LogP contribution is 2.26. The highest BCUT2D eigenvalue weighted by atomic mass is 35.5. The number of benzene rings is 1. The van der Waals surface area contributed by atoms with Gasteiger partial charge in [0.05, 0.1) is 27.8 Å². The van der Waals surface area contributed by atoms with Gasteiger partial charge in [-0.15, -0.1) is 0 Å². The van der Waals surface area contributed by atoms with Crippen molar-refractivity contribution >= 4 is 27.3 Å². The number of aryl methyl sites for hydroxylation is 2. The van der Waals surface area contributed by atoms with Crippen LogP contribution in [0.15, 0.2) is 29.3 Å². The lowest BCUT2D eigenvalue weighted by molar-refractivity contribution is 0.580. The van der Waals surface area contributed by atoms with E-state index in [1.807, 2.05) is 0 Å². The monoisotopic (exact) mass is 326 g/mol. The number of nitrogen functional groups attached to an aromatic ring is 1. The molecule has 0 spiro atoms. The SMILES string of the molecule is Cc1nccc(CNS(=O)(=O)c2cc(C)c(Cl)c(N)c2)n1. The number of halogens is 1. The third-order valence-corrected chi connectivity index (χ3v) is 4.74. The highest BCUT2D eigenvalue weighted by Gasteiger charge is 2.16. The van der Waals surface area contributed by atoms with Crippen LogP contribution in [0.25, 0.3) is 0 Å². The van der Waals surface area contributed by atoms with E-state index in [9.17, 15) is 8.42 Å². The van der Waals surface area contributed by atoms with Crippen LogP contribution >= 0.6 is 11.6 Å². The Bertz CT molecular complexity index is 754. The number of anilines is 1. The number of sulfonamides is 1. The van der Waals surface area contributed by atoms with Gasteiger partial charge in [-0.1, -0.05) is 11.6 Å². The Morgan fingerprint density at radius 3 is 2.67 bits per heavy atom. The largest absolute Gasteiger partial charge is 0.397 e. The van der Waals surface area contributed by atoms with E-state index in [4.69, 9.17) is 17.3 Å². The first-order valence-electron chi connectivity index (χ1n) is 6.13. The molecule has 1 aromatic heterocycles. The van der Waals surface area contributed by atoms with Crippen LogP contribution in [0.3, 0.4) is 0 Å². The molecule has 0 unspecified atom stereocenters. The van der Waals surface area contributed by atoms with Crippen LogP contribution in [0.2, 0.25) is 5.02 Å². The first-order chi connectivity index (χ1) is 9.79. The van der Waals surface area contributed by atoms with Crippen molar-refractivity contribution in [1.29, 1.82) is 0 Å². The molecular weight excluding hydrogens is 312 g/mol. The van der Waals surface area contributed by atoms with Gasteiger partial charge in [0, 0.05) is 6.20 Å². The maximum Gasteiger partial charge on any atom is 0.241 e. The average Bonchev–Trinajstić information content (AvgIpc) is 2.42. The molecule has 6 nitrogen and oxygen atoms in total. The van der Waals surface area contributed by atoms with E-state index < -0.39 is 10.0 Å². The fourth-order valence-corrected chi connectivity index (χ4v) is 3.00. The van der Waals surface area contributed by atoms with Crippen molar-refractivity contribution in [1.82, 2.24) is 14.7 Å². The number of aromatic nitrogens is 2. The van der Waals surface area contributed by atoms with Crippen LogP contribution < -0.4 is 10.5 Å². The molecular formula is C13H15ClN4O2S. The number of nitrogens with zero attached hydrogens (tertiary/aromatic N) is 2. The van der Waals surface area contributed by atoms with Crippen LogP contribution in [0, 0.1) is 13.8 Å². The Balaban J connectivity index is 2.23. The van der Waals surface area contributed by atoms with Crippen LogP contribution in [-0.2, 0) is 16.6 Å². The van der Waals surface area contributed by atoms with Gasteiger partial charge in [0.25, 0.3) is 0 Å². The summed E-state index contributed by atoms with van der Waals surface area (Å²) in [4.78, 5) is 8.17. The molecule has 8 heteroatoms. The molecule has 2 aromatic rings. The molecule has 0 aliphatic carbocycles. The lowest BCUT2D eigenvalue weighted by Crippen LogP contribution is -2.24. The minimum atomic E-state index is -3.68. The zero-order valence-corrected chi connectivity index (χ0v) is 13.2. The van der Waals surface area contributed by atoms with Gasteiger partial charge < -0.3 is 5.73 Å². The summed E-state index contributed by atoms with van der Waals surface area (Å²) in [5, 5.41) is 0.361. The van der Waals surface area contributed by atoms with Crippen molar-refractivity contribution < 1.29 is 8.42 Å². The summed E-state index contributed by atoms with van der Waals surface area (Å²) in [7, 11) is -3.68. The molecule has 1 heterocycles. The Morgan fingerprint density at radius 2 is 2.05 bits per heavy atom. The number of nitrogens with two attached hydrogens (primary N) is 1. The third kappa shape index (κ3) is 3.69. The fourth-order valence-electron chi connectivity index (χ4n) is 1.77.